The normalized spacial score (nSPS) is 17.2. The molecule has 9 heteroatoms. The molecule has 2 amide bonds. The molecule has 1 aromatic carbocycles. The number of anilines is 1. The first-order valence-electron chi connectivity index (χ1n) is 11.0. The Labute approximate surface area is 200 Å². The van der Waals surface area contributed by atoms with Gasteiger partial charge in [-0.15, -0.1) is 0 Å². The number of hydrogen-bond acceptors (Lipinski definition) is 5. The molecular formula is C24H27BrN4O4. The number of halogens is 1. The van der Waals surface area contributed by atoms with Gasteiger partial charge in [-0.1, -0.05) is 15.9 Å². The molecule has 3 heterocycles. The smallest absolute Gasteiger partial charge is 0.268 e. The second-order valence-corrected chi connectivity index (χ2v) is 9.15. The number of morpholine rings is 1. The average Bonchev–Trinajstić information content (AvgIpc) is 3.28. The molecular weight excluding hydrogens is 488 g/mol. The molecule has 2 aliphatic heterocycles. The van der Waals surface area contributed by atoms with Gasteiger partial charge in [-0.05, 0) is 56.7 Å². The summed E-state index contributed by atoms with van der Waals surface area (Å²) >= 11 is 3.44. The van der Waals surface area contributed by atoms with E-state index < -0.39 is 0 Å². The molecule has 174 valence electrons. The van der Waals surface area contributed by atoms with Gasteiger partial charge in [0.1, 0.15) is 5.69 Å². The van der Waals surface area contributed by atoms with Crippen LogP contribution >= 0.6 is 15.9 Å². The van der Waals surface area contributed by atoms with Crippen molar-refractivity contribution in [3.8, 4) is 0 Å². The molecule has 2 aromatic rings. The minimum atomic E-state index is -0.263. The van der Waals surface area contributed by atoms with Crippen molar-refractivity contribution in [2.24, 2.45) is 0 Å². The van der Waals surface area contributed by atoms with Crippen LogP contribution in [0.25, 0.3) is 11.6 Å². The van der Waals surface area contributed by atoms with Crippen LogP contribution < -0.4 is 10.6 Å². The molecule has 1 aromatic heterocycles. The summed E-state index contributed by atoms with van der Waals surface area (Å²) in [5.74, 6) is -0.686. The molecule has 4 rings (SSSR count). The first-order valence-corrected chi connectivity index (χ1v) is 11.8. The topological polar surface area (TPSA) is 104 Å². The fourth-order valence-corrected chi connectivity index (χ4v) is 4.63. The maximum absolute atomic E-state index is 12.9. The lowest BCUT2D eigenvalue weighted by molar-refractivity contribution is -0.110. The maximum Gasteiger partial charge on any atom is 0.268 e. The van der Waals surface area contributed by atoms with Gasteiger partial charge in [0.2, 0.25) is 0 Å². The number of hydrogen-bond donors (Lipinski definition) is 3. The van der Waals surface area contributed by atoms with Gasteiger partial charge in [0, 0.05) is 40.9 Å². The number of fused-ring (bicyclic) bond motifs is 1. The highest BCUT2D eigenvalue weighted by molar-refractivity contribution is 9.10. The van der Waals surface area contributed by atoms with Gasteiger partial charge in [0.15, 0.2) is 5.78 Å². The number of H-pyrrole nitrogens is 1. The lowest BCUT2D eigenvalue weighted by Crippen LogP contribution is -2.38. The number of nitrogens with one attached hydrogen (secondary N) is 3. The van der Waals surface area contributed by atoms with Crippen LogP contribution in [0.15, 0.2) is 22.7 Å². The van der Waals surface area contributed by atoms with Crippen molar-refractivity contribution in [2.75, 3.05) is 44.7 Å². The molecule has 0 unspecified atom stereocenters. The van der Waals surface area contributed by atoms with Gasteiger partial charge >= 0.3 is 0 Å². The summed E-state index contributed by atoms with van der Waals surface area (Å²) in [4.78, 5) is 43.2. The predicted molar refractivity (Wildman–Crippen MR) is 130 cm³/mol. The summed E-state index contributed by atoms with van der Waals surface area (Å²) in [7, 11) is 0. The monoisotopic (exact) mass is 514 g/mol. The Morgan fingerprint density at radius 2 is 2.03 bits per heavy atom. The summed E-state index contributed by atoms with van der Waals surface area (Å²) in [5, 5.41) is 5.77. The highest BCUT2D eigenvalue weighted by Crippen LogP contribution is 2.35. The van der Waals surface area contributed by atoms with Crippen LogP contribution in [0.5, 0.6) is 0 Å². The summed E-state index contributed by atoms with van der Waals surface area (Å²) in [6, 6.07) is 5.52. The van der Waals surface area contributed by atoms with E-state index in [1.807, 2.05) is 18.2 Å². The SMILES string of the molecule is CC(=O)c1c(/C=C2\C(=O)Nc3ccc(Br)cc32)[nH]c(C(=O)NCCCN2CCOCC2)c1C. The van der Waals surface area contributed by atoms with Gasteiger partial charge in [-0.25, -0.2) is 0 Å². The van der Waals surface area contributed by atoms with Crippen molar-refractivity contribution in [2.45, 2.75) is 20.3 Å². The second-order valence-electron chi connectivity index (χ2n) is 8.24. The number of carbonyl (C=O) groups is 3. The molecule has 3 N–H and O–H groups in total. The zero-order chi connectivity index (χ0) is 23.5. The average molecular weight is 515 g/mol. The van der Waals surface area contributed by atoms with Crippen LogP contribution in [0.3, 0.4) is 0 Å². The predicted octanol–water partition coefficient (Wildman–Crippen LogP) is 3.23. The van der Waals surface area contributed by atoms with E-state index in [1.165, 1.54) is 6.92 Å². The molecule has 0 bridgehead atoms. The zero-order valence-corrected chi connectivity index (χ0v) is 20.3. The van der Waals surface area contributed by atoms with Gasteiger partial charge < -0.3 is 20.4 Å². The largest absolute Gasteiger partial charge is 0.379 e. The molecule has 0 aliphatic carbocycles. The fraction of sp³-hybridized carbons (Fsp3) is 0.375. The number of aromatic nitrogens is 1. The van der Waals surface area contributed by atoms with Crippen molar-refractivity contribution < 1.29 is 19.1 Å². The molecule has 2 aliphatic rings. The lowest BCUT2D eigenvalue weighted by atomic mass is 10.0. The van der Waals surface area contributed by atoms with Crippen molar-refractivity contribution in [3.63, 3.8) is 0 Å². The molecule has 1 saturated heterocycles. The van der Waals surface area contributed by atoms with E-state index in [9.17, 15) is 14.4 Å². The fourth-order valence-electron chi connectivity index (χ4n) is 4.27. The quantitative estimate of drug-likeness (QED) is 0.299. The van der Waals surface area contributed by atoms with E-state index >= 15 is 0 Å². The number of Topliss-reactive ketones (excluding diaryl/α,β-unsaturated/α-hetero) is 1. The Bertz CT molecular complexity index is 1130. The molecule has 33 heavy (non-hydrogen) atoms. The second kappa shape index (κ2) is 10.0. The van der Waals surface area contributed by atoms with E-state index in [4.69, 9.17) is 4.74 Å². The number of rotatable bonds is 7. The van der Waals surface area contributed by atoms with E-state index in [-0.39, 0.29) is 17.6 Å². The molecule has 0 saturated carbocycles. The van der Waals surface area contributed by atoms with E-state index in [0.717, 1.165) is 49.3 Å². The standard InChI is InChI=1S/C24H27BrN4O4/c1-14-21(15(2)30)20(13-18-17-12-16(25)4-5-19(17)28-23(18)31)27-22(14)24(32)26-6-3-7-29-8-10-33-11-9-29/h4-5,12-13,27H,3,6-11H2,1-2H3,(H,26,32)(H,28,31)/b18-13-. The zero-order valence-electron chi connectivity index (χ0n) is 18.7. The number of nitrogens with zero attached hydrogens (tertiary/aromatic N) is 1. The third-order valence-corrected chi connectivity index (χ3v) is 6.45. The minimum Gasteiger partial charge on any atom is -0.379 e. The maximum atomic E-state index is 12.9. The van der Waals surface area contributed by atoms with Gasteiger partial charge in [-0.2, -0.15) is 0 Å². The number of amides is 2. The summed E-state index contributed by atoms with van der Waals surface area (Å²) in [6.45, 7) is 7.96. The Morgan fingerprint density at radius 3 is 2.76 bits per heavy atom. The Kier molecular flexibility index (Phi) is 7.11. The van der Waals surface area contributed by atoms with Crippen LogP contribution in [-0.2, 0) is 9.53 Å². The Balaban J connectivity index is 1.53. The number of ketones is 1. The first-order chi connectivity index (χ1) is 15.8. The summed E-state index contributed by atoms with van der Waals surface area (Å²) < 4.78 is 6.20. The van der Waals surface area contributed by atoms with Crippen molar-refractivity contribution in [1.29, 1.82) is 0 Å². The minimum absolute atomic E-state index is 0.171. The molecule has 8 nitrogen and oxygen atoms in total. The summed E-state index contributed by atoms with van der Waals surface area (Å²) in [6.07, 6.45) is 2.47. The number of aromatic amines is 1. The van der Waals surface area contributed by atoms with Gasteiger partial charge in [-0.3, -0.25) is 19.3 Å². The molecule has 0 spiro atoms. The molecule has 1 fully saturated rings. The van der Waals surface area contributed by atoms with Gasteiger partial charge in [0.05, 0.1) is 24.5 Å². The number of benzene rings is 1. The number of ether oxygens (including phenoxy) is 1. The highest BCUT2D eigenvalue weighted by Gasteiger charge is 2.27. The Morgan fingerprint density at radius 1 is 1.27 bits per heavy atom. The number of carbonyl (C=O) groups excluding carboxylic acids is 3. The molecule has 0 radical (unpaired) electrons. The Hall–Kier alpha value is -2.75. The van der Waals surface area contributed by atoms with Crippen LogP contribution in [-0.4, -0.2) is 66.9 Å². The molecule has 0 atom stereocenters. The van der Waals surface area contributed by atoms with Crippen LogP contribution in [0.1, 0.15) is 51.0 Å². The highest BCUT2D eigenvalue weighted by atomic mass is 79.9. The van der Waals surface area contributed by atoms with Crippen LogP contribution in [0, 0.1) is 6.92 Å². The van der Waals surface area contributed by atoms with Crippen molar-refractivity contribution >= 4 is 50.9 Å². The van der Waals surface area contributed by atoms with E-state index in [1.54, 1.807) is 13.0 Å². The van der Waals surface area contributed by atoms with Crippen molar-refractivity contribution in [1.82, 2.24) is 15.2 Å². The third-order valence-electron chi connectivity index (χ3n) is 5.95. The van der Waals surface area contributed by atoms with E-state index in [2.05, 4.69) is 36.4 Å². The lowest BCUT2D eigenvalue weighted by Gasteiger charge is -2.26. The summed E-state index contributed by atoms with van der Waals surface area (Å²) in [5.41, 5.74) is 3.67. The van der Waals surface area contributed by atoms with Crippen molar-refractivity contribution in [3.05, 3.63) is 50.8 Å². The van der Waals surface area contributed by atoms with Crippen LogP contribution in [0.2, 0.25) is 0 Å². The van der Waals surface area contributed by atoms with Crippen LogP contribution in [0.4, 0.5) is 5.69 Å². The van der Waals surface area contributed by atoms with Gasteiger partial charge in [0.25, 0.3) is 11.8 Å². The third kappa shape index (κ3) is 5.10. The van der Waals surface area contributed by atoms with E-state index in [0.29, 0.717) is 40.3 Å². The first kappa shape index (κ1) is 23.4.